The number of sulfone groups is 1. The summed E-state index contributed by atoms with van der Waals surface area (Å²) in [5, 5.41) is 3.89. The van der Waals surface area contributed by atoms with Gasteiger partial charge in [0.25, 0.3) is 0 Å². The van der Waals surface area contributed by atoms with Gasteiger partial charge in [-0.3, -0.25) is 4.70 Å². The third kappa shape index (κ3) is 5.96. The van der Waals surface area contributed by atoms with E-state index in [9.17, 15) is 13.2 Å². The maximum atomic E-state index is 12.4. The molecule has 0 bridgehead atoms. The number of hydrogen-bond donors (Lipinski definition) is 1. The highest BCUT2D eigenvalue weighted by Gasteiger charge is 2.30. The number of likely N-dealkylation sites (tertiary alicyclic amines) is 1. The first-order valence-electron chi connectivity index (χ1n) is 7.83. The molecule has 24 heavy (non-hydrogen) atoms. The van der Waals surface area contributed by atoms with Crippen LogP contribution in [0.1, 0.15) is 32.8 Å². The predicted octanol–water partition coefficient (Wildman–Crippen LogP) is 3.13. The first-order chi connectivity index (χ1) is 10.9. The molecule has 1 N–H and O–H groups in total. The molecule has 2 rings (SSSR count). The first kappa shape index (κ1) is 20.2. The lowest BCUT2D eigenvalue weighted by molar-refractivity contribution is 0.132. The van der Waals surface area contributed by atoms with E-state index < -0.39 is 9.84 Å². The summed E-state index contributed by atoms with van der Waals surface area (Å²) in [6, 6.07) is 9.96. The van der Waals surface area contributed by atoms with E-state index >= 15 is 0 Å². The third-order valence-electron chi connectivity index (χ3n) is 4.02. The number of benzene rings is 1. The summed E-state index contributed by atoms with van der Waals surface area (Å²) in [7, 11) is -3.15. The smallest absolute Gasteiger partial charge is 0.318 e. The molecule has 1 aromatic rings. The van der Waals surface area contributed by atoms with Crippen LogP contribution in [0, 0.1) is 5.92 Å². The molecule has 1 fully saturated rings. The molecule has 7 heteroatoms. The van der Waals surface area contributed by atoms with E-state index in [2.05, 4.69) is 12.2 Å². The van der Waals surface area contributed by atoms with E-state index in [0.717, 1.165) is 30.1 Å². The second-order valence-electron chi connectivity index (χ2n) is 6.14. The van der Waals surface area contributed by atoms with E-state index in [-0.39, 0.29) is 24.7 Å². The summed E-state index contributed by atoms with van der Waals surface area (Å²) in [6.07, 6.45) is 4.51. The Morgan fingerprint density at radius 2 is 2.04 bits per heavy atom. The number of carbonyl (C=O) groups excluding carboxylic acids is 1. The molecule has 1 heterocycles. The lowest BCUT2D eigenvalue weighted by atomic mass is 9.88. The van der Waals surface area contributed by atoms with Crippen LogP contribution < -0.4 is 5.32 Å². The van der Waals surface area contributed by atoms with Gasteiger partial charge in [-0.15, -0.1) is 0 Å². The average molecular weight is 358 g/mol. The fourth-order valence-electron chi connectivity index (χ4n) is 2.85. The molecule has 0 spiro atoms. The van der Waals surface area contributed by atoms with Crippen molar-refractivity contribution in [1.82, 2.24) is 10.2 Å². The molecule has 0 radical (unpaired) electrons. The number of piperidine rings is 1. The first-order valence-corrected chi connectivity index (χ1v) is 9.78. The highest BCUT2D eigenvalue weighted by atomic mass is 32.2. The van der Waals surface area contributed by atoms with Gasteiger partial charge in [0.2, 0.25) is 0 Å². The summed E-state index contributed by atoms with van der Waals surface area (Å²) < 4.78 is 22.1. The Morgan fingerprint density at radius 3 is 2.67 bits per heavy atom. The number of halogens is 1. The van der Waals surface area contributed by atoms with Crippen molar-refractivity contribution in [2.75, 3.05) is 19.3 Å². The van der Waals surface area contributed by atoms with Crippen LogP contribution in [0.3, 0.4) is 0 Å². The van der Waals surface area contributed by atoms with E-state index in [1.54, 1.807) is 0 Å². The Kier molecular flexibility index (Phi) is 7.41. The number of amides is 2. The molecule has 1 aromatic carbocycles. The van der Waals surface area contributed by atoms with Crippen LogP contribution in [-0.4, -0.2) is 38.7 Å². The Labute approximate surface area is 144 Å². The minimum absolute atomic E-state index is 0. The Balaban J connectivity index is 0.00000288. The zero-order valence-electron chi connectivity index (χ0n) is 14.0. The van der Waals surface area contributed by atoms with Gasteiger partial charge in [0.15, 0.2) is 9.84 Å². The molecule has 0 unspecified atom stereocenters. The van der Waals surface area contributed by atoms with E-state index in [0.29, 0.717) is 12.5 Å². The molecule has 0 aromatic heterocycles. The van der Waals surface area contributed by atoms with Crippen molar-refractivity contribution in [1.29, 1.82) is 0 Å². The fraction of sp³-hybridized carbons (Fsp3) is 0.471. The Morgan fingerprint density at radius 1 is 1.38 bits per heavy atom. The van der Waals surface area contributed by atoms with Crippen LogP contribution in [0.2, 0.25) is 0 Å². The van der Waals surface area contributed by atoms with Crippen LogP contribution >= 0.6 is 0 Å². The topological polar surface area (TPSA) is 66.5 Å². The van der Waals surface area contributed by atoms with Gasteiger partial charge in [-0.2, -0.15) is 0 Å². The zero-order chi connectivity index (χ0) is 16.9. The fourth-order valence-corrected chi connectivity index (χ4v) is 3.29. The molecule has 136 valence electrons. The lowest BCUT2D eigenvalue weighted by Gasteiger charge is -2.38. The molecular weight excluding hydrogens is 331 g/mol. The van der Waals surface area contributed by atoms with Gasteiger partial charge in [-0.1, -0.05) is 43.3 Å². The van der Waals surface area contributed by atoms with Gasteiger partial charge < -0.3 is 10.2 Å². The van der Waals surface area contributed by atoms with Crippen LogP contribution in [0.15, 0.2) is 41.8 Å². The number of hydrogen-bond acceptors (Lipinski definition) is 3. The predicted molar refractivity (Wildman–Crippen MR) is 96.3 cm³/mol. The monoisotopic (exact) mass is 358 g/mol. The summed E-state index contributed by atoms with van der Waals surface area (Å²) in [5.74, 6) is 0.578. The van der Waals surface area contributed by atoms with Crippen molar-refractivity contribution in [3.05, 3.63) is 47.4 Å². The standard InChI is InChI=1S/C17H24N2O3S.FH.H2/c1-14-9-11-19(16(13-14)15-7-4-3-5-8-15)17(20)18-10-6-12-23(2,21)22;;/h3-8,12,14,16H,9-11,13H2,1-2H3,(H,18,20);2*1H/b12-6+;;/t14-,16+;;/m1../s1. The van der Waals surface area contributed by atoms with Gasteiger partial charge in [0.05, 0.1) is 6.04 Å². The number of rotatable bonds is 4. The number of urea groups is 1. The summed E-state index contributed by atoms with van der Waals surface area (Å²) >= 11 is 0. The summed E-state index contributed by atoms with van der Waals surface area (Å²) in [6.45, 7) is 3.13. The molecule has 1 aliphatic heterocycles. The second kappa shape index (κ2) is 8.82. The molecule has 5 nitrogen and oxygen atoms in total. The largest absolute Gasteiger partial charge is 0.334 e. The minimum Gasteiger partial charge on any atom is -0.334 e. The molecule has 2 atom stereocenters. The van der Waals surface area contributed by atoms with E-state index in [4.69, 9.17) is 0 Å². The normalized spacial score (nSPS) is 21.3. The van der Waals surface area contributed by atoms with Gasteiger partial charge in [-0.25, -0.2) is 13.2 Å². The molecule has 1 saturated heterocycles. The summed E-state index contributed by atoms with van der Waals surface area (Å²) in [5.41, 5.74) is 1.14. The van der Waals surface area contributed by atoms with Crippen molar-refractivity contribution in [2.24, 2.45) is 5.92 Å². The van der Waals surface area contributed by atoms with Crippen LogP contribution in [0.4, 0.5) is 9.50 Å². The van der Waals surface area contributed by atoms with Gasteiger partial charge in [0, 0.05) is 26.2 Å². The molecule has 1 aliphatic rings. The maximum absolute atomic E-state index is 12.4. The van der Waals surface area contributed by atoms with Crippen LogP contribution in [0.5, 0.6) is 0 Å². The Bertz CT molecular complexity index is 668. The zero-order valence-corrected chi connectivity index (χ0v) is 14.8. The van der Waals surface area contributed by atoms with Crippen LogP contribution in [0.25, 0.3) is 0 Å². The average Bonchev–Trinajstić information content (AvgIpc) is 2.51. The highest BCUT2D eigenvalue weighted by molar-refractivity contribution is 7.93. The van der Waals surface area contributed by atoms with E-state index in [1.807, 2.05) is 35.2 Å². The second-order valence-corrected chi connectivity index (χ2v) is 8.07. The number of nitrogens with zero attached hydrogens (tertiary/aromatic N) is 1. The van der Waals surface area contributed by atoms with E-state index in [1.165, 1.54) is 6.08 Å². The highest BCUT2D eigenvalue weighted by Crippen LogP contribution is 2.33. The number of carbonyl (C=O) groups is 1. The summed E-state index contributed by atoms with van der Waals surface area (Å²) in [4.78, 5) is 14.3. The van der Waals surface area contributed by atoms with Gasteiger partial charge in [-0.05, 0) is 24.3 Å². The Hall–Kier alpha value is -1.89. The van der Waals surface area contributed by atoms with Gasteiger partial charge >= 0.3 is 6.03 Å². The third-order valence-corrected chi connectivity index (χ3v) is 4.71. The lowest BCUT2D eigenvalue weighted by Crippen LogP contribution is -2.46. The maximum Gasteiger partial charge on any atom is 0.318 e. The molecule has 2 amide bonds. The van der Waals surface area contributed by atoms with Crippen molar-refractivity contribution in [3.8, 4) is 0 Å². The van der Waals surface area contributed by atoms with Crippen molar-refractivity contribution in [2.45, 2.75) is 25.8 Å². The van der Waals surface area contributed by atoms with Crippen molar-refractivity contribution in [3.63, 3.8) is 0 Å². The SMILES string of the molecule is C[C@@H]1CCN(C(=O)NC/C=C/S(C)(=O)=O)[C@H](c2ccccc2)C1.F.[HH]. The molecule has 0 saturated carbocycles. The van der Waals surface area contributed by atoms with Crippen molar-refractivity contribution < 1.29 is 19.3 Å². The van der Waals surface area contributed by atoms with Crippen molar-refractivity contribution >= 4 is 15.9 Å². The quantitative estimate of drug-likeness (QED) is 0.899. The molecular formula is C17H27FN2O3S. The molecule has 0 aliphatic carbocycles. The van der Waals surface area contributed by atoms with Gasteiger partial charge in [0.1, 0.15) is 0 Å². The number of nitrogens with one attached hydrogen (secondary N) is 1. The van der Waals surface area contributed by atoms with Crippen LogP contribution in [-0.2, 0) is 9.84 Å². The minimum atomic E-state index is -3.15.